The summed E-state index contributed by atoms with van der Waals surface area (Å²) < 4.78 is 27.4. The molecule has 1 N–H and O–H groups in total. The van der Waals surface area contributed by atoms with Gasteiger partial charge in [0.25, 0.3) is 5.91 Å². The topological polar surface area (TPSA) is 69.7 Å². The maximum Gasteiger partial charge on any atom is 0.255 e. The Kier molecular flexibility index (Phi) is 6.87. The highest BCUT2D eigenvalue weighted by atomic mass is 32.2. The molecule has 6 nitrogen and oxygen atoms in total. The minimum absolute atomic E-state index is 0.147. The highest BCUT2D eigenvalue weighted by Crippen LogP contribution is 2.21. The lowest BCUT2D eigenvalue weighted by Gasteiger charge is -2.34. The third-order valence-corrected chi connectivity index (χ3v) is 8.53. The van der Waals surface area contributed by atoms with Gasteiger partial charge in [-0.25, -0.2) is 8.42 Å². The molecule has 0 aromatic heterocycles. The predicted octanol–water partition coefficient (Wildman–Crippen LogP) is 4.91. The Bertz CT molecular complexity index is 1470. The van der Waals surface area contributed by atoms with Gasteiger partial charge < -0.3 is 5.32 Å². The molecule has 5 rings (SSSR count). The van der Waals surface area contributed by atoms with Gasteiger partial charge in [-0.05, 0) is 59.7 Å². The summed E-state index contributed by atoms with van der Waals surface area (Å²) in [6.07, 6.45) is 0. The number of amides is 1. The molecule has 4 aromatic carbocycles. The van der Waals surface area contributed by atoms with E-state index in [1.807, 2.05) is 85.8 Å². The summed E-state index contributed by atoms with van der Waals surface area (Å²) in [5.41, 5.74) is 3.49. The van der Waals surface area contributed by atoms with Gasteiger partial charge in [-0.1, -0.05) is 60.2 Å². The SMILES string of the molecule is Cc1ccc(S(=O)(=O)N2CCN(Cc3ccc(C(=O)Nc4ccc5ccccc5c4)cc3)CC2)cc1. The molecule has 36 heavy (non-hydrogen) atoms. The number of carbonyl (C=O) groups excluding carboxylic acids is 1. The molecular formula is C29H29N3O3S. The van der Waals surface area contributed by atoms with Crippen molar-refractivity contribution in [1.82, 2.24) is 9.21 Å². The number of carbonyl (C=O) groups is 1. The van der Waals surface area contributed by atoms with Gasteiger partial charge in [0.05, 0.1) is 4.90 Å². The van der Waals surface area contributed by atoms with Crippen LogP contribution in [0.15, 0.2) is 95.9 Å². The summed E-state index contributed by atoms with van der Waals surface area (Å²) >= 11 is 0. The lowest BCUT2D eigenvalue weighted by atomic mass is 10.1. The molecule has 7 heteroatoms. The van der Waals surface area contributed by atoms with E-state index < -0.39 is 10.0 Å². The molecule has 184 valence electrons. The van der Waals surface area contributed by atoms with Crippen molar-refractivity contribution in [1.29, 1.82) is 0 Å². The fourth-order valence-electron chi connectivity index (χ4n) is 4.48. The first-order valence-electron chi connectivity index (χ1n) is 12.1. The Labute approximate surface area is 212 Å². The van der Waals surface area contributed by atoms with Crippen molar-refractivity contribution in [3.63, 3.8) is 0 Å². The number of anilines is 1. The number of rotatable bonds is 6. The number of nitrogens with zero attached hydrogens (tertiary/aromatic N) is 2. The minimum Gasteiger partial charge on any atom is -0.322 e. The first-order chi connectivity index (χ1) is 17.4. The Morgan fingerprint density at radius 1 is 0.806 bits per heavy atom. The van der Waals surface area contributed by atoms with E-state index in [2.05, 4.69) is 10.2 Å². The fraction of sp³-hybridized carbons (Fsp3) is 0.207. The molecule has 1 saturated heterocycles. The van der Waals surface area contributed by atoms with E-state index in [0.717, 1.165) is 27.6 Å². The molecule has 0 bridgehead atoms. The van der Waals surface area contributed by atoms with E-state index in [9.17, 15) is 13.2 Å². The van der Waals surface area contributed by atoms with E-state index in [1.54, 1.807) is 16.4 Å². The molecular weight excluding hydrogens is 470 g/mol. The monoisotopic (exact) mass is 499 g/mol. The minimum atomic E-state index is -3.47. The van der Waals surface area contributed by atoms with Crippen molar-refractivity contribution in [3.05, 3.63) is 108 Å². The lowest BCUT2D eigenvalue weighted by molar-refractivity contribution is 0.102. The summed E-state index contributed by atoms with van der Waals surface area (Å²) in [4.78, 5) is 15.3. The molecule has 0 saturated carbocycles. The molecule has 1 amide bonds. The van der Waals surface area contributed by atoms with E-state index in [0.29, 0.717) is 43.2 Å². The van der Waals surface area contributed by atoms with Gasteiger partial charge in [0.15, 0.2) is 0 Å². The van der Waals surface area contributed by atoms with Crippen LogP contribution in [-0.4, -0.2) is 49.7 Å². The van der Waals surface area contributed by atoms with Gasteiger partial charge in [0.2, 0.25) is 10.0 Å². The van der Waals surface area contributed by atoms with Crippen molar-refractivity contribution >= 4 is 32.4 Å². The molecule has 1 aliphatic rings. The van der Waals surface area contributed by atoms with Crippen molar-refractivity contribution in [2.75, 3.05) is 31.5 Å². The number of benzene rings is 4. The van der Waals surface area contributed by atoms with Crippen LogP contribution in [0.5, 0.6) is 0 Å². The van der Waals surface area contributed by atoms with Gasteiger partial charge in [-0.2, -0.15) is 4.31 Å². The zero-order valence-electron chi connectivity index (χ0n) is 20.2. The maximum absolute atomic E-state index is 12.9. The van der Waals surface area contributed by atoms with E-state index >= 15 is 0 Å². The zero-order valence-corrected chi connectivity index (χ0v) is 21.0. The van der Waals surface area contributed by atoms with Crippen LogP contribution in [0.25, 0.3) is 10.8 Å². The highest BCUT2D eigenvalue weighted by molar-refractivity contribution is 7.89. The Morgan fingerprint density at radius 2 is 1.47 bits per heavy atom. The largest absolute Gasteiger partial charge is 0.322 e. The van der Waals surface area contributed by atoms with Crippen LogP contribution in [0.3, 0.4) is 0 Å². The van der Waals surface area contributed by atoms with Gasteiger partial charge in [0, 0.05) is 44.0 Å². The number of aryl methyl sites for hydroxylation is 1. The molecule has 1 fully saturated rings. The fourth-order valence-corrected chi connectivity index (χ4v) is 5.90. The van der Waals surface area contributed by atoms with Crippen molar-refractivity contribution < 1.29 is 13.2 Å². The third-order valence-electron chi connectivity index (χ3n) is 6.62. The second-order valence-electron chi connectivity index (χ2n) is 9.21. The second kappa shape index (κ2) is 10.2. The van der Waals surface area contributed by atoms with Crippen LogP contribution in [0.2, 0.25) is 0 Å². The summed E-state index contributed by atoms with van der Waals surface area (Å²) in [5, 5.41) is 5.19. The number of nitrogens with one attached hydrogen (secondary N) is 1. The first-order valence-corrected chi connectivity index (χ1v) is 13.5. The number of hydrogen-bond acceptors (Lipinski definition) is 4. The van der Waals surface area contributed by atoms with Crippen LogP contribution in [0.4, 0.5) is 5.69 Å². The molecule has 0 aliphatic carbocycles. The Balaban J connectivity index is 1.16. The quantitative estimate of drug-likeness (QED) is 0.409. The summed E-state index contributed by atoms with van der Waals surface area (Å²) in [5.74, 6) is -0.147. The highest BCUT2D eigenvalue weighted by Gasteiger charge is 2.28. The van der Waals surface area contributed by atoms with E-state index in [-0.39, 0.29) is 5.91 Å². The number of sulfonamides is 1. The predicted molar refractivity (Wildman–Crippen MR) is 144 cm³/mol. The smallest absolute Gasteiger partial charge is 0.255 e. The van der Waals surface area contributed by atoms with Crippen molar-refractivity contribution in [2.24, 2.45) is 0 Å². The van der Waals surface area contributed by atoms with E-state index in [4.69, 9.17) is 0 Å². The molecule has 0 atom stereocenters. The van der Waals surface area contributed by atoms with Crippen molar-refractivity contribution in [3.8, 4) is 0 Å². The standard InChI is InChI=1S/C29H29N3O3S/c1-22-6-14-28(15-7-22)36(34,35)32-18-16-31(17-19-32)21-23-8-10-25(11-9-23)29(33)30-27-13-12-24-4-2-3-5-26(24)20-27/h2-15,20H,16-19,21H2,1H3,(H,30,33). The average molecular weight is 500 g/mol. The summed E-state index contributed by atoms with van der Waals surface area (Å²) in [6, 6.07) is 28.5. The van der Waals surface area contributed by atoms with Gasteiger partial charge in [-0.3, -0.25) is 9.69 Å². The molecule has 0 spiro atoms. The number of fused-ring (bicyclic) bond motifs is 1. The molecule has 1 heterocycles. The van der Waals surface area contributed by atoms with Crippen LogP contribution in [0.1, 0.15) is 21.5 Å². The zero-order chi connectivity index (χ0) is 25.1. The lowest BCUT2D eigenvalue weighted by Crippen LogP contribution is -2.48. The summed E-state index contributed by atoms with van der Waals surface area (Å²) in [7, 11) is -3.47. The Hall–Kier alpha value is -3.52. The second-order valence-corrected chi connectivity index (χ2v) is 11.1. The molecule has 0 radical (unpaired) electrons. The first kappa shape index (κ1) is 24.2. The van der Waals surface area contributed by atoms with Crippen LogP contribution < -0.4 is 5.32 Å². The summed E-state index contributed by atoms with van der Waals surface area (Å²) in [6.45, 7) is 4.90. The van der Waals surface area contributed by atoms with Crippen molar-refractivity contribution in [2.45, 2.75) is 18.4 Å². The number of piperazine rings is 1. The maximum atomic E-state index is 12.9. The van der Waals surface area contributed by atoms with E-state index in [1.165, 1.54) is 0 Å². The van der Waals surface area contributed by atoms with Gasteiger partial charge in [0.1, 0.15) is 0 Å². The Morgan fingerprint density at radius 3 is 2.17 bits per heavy atom. The average Bonchev–Trinajstić information content (AvgIpc) is 2.89. The normalized spacial score (nSPS) is 15.1. The van der Waals surface area contributed by atoms with Gasteiger partial charge in [-0.15, -0.1) is 0 Å². The van der Waals surface area contributed by atoms with Gasteiger partial charge >= 0.3 is 0 Å². The molecule has 1 aliphatic heterocycles. The molecule has 4 aromatic rings. The third kappa shape index (κ3) is 5.33. The van der Waals surface area contributed by atoms with Crippen LogP contribution >= 0.6 is 0 Å². The number of hydrogen-bond donors (Lipinski definition) is 1. The van der Waals surface area contributed by atoms with Crippen LogP contribution in [0, 0.1) is 6.92 Å². The molecule has 0 unspecified atom stereocenters. The van der Waals surface area contributed by atoms with Crippen LogP contribution in [-0.2, 0) is 16.6 Å².